The van der Waals surface area contributed by atoms with Crippen LogP contribution in [0.2, 0.25) is 0 Å². The van der Waals surface area contributed by atoms with Crippen LogP contribution in [0, 0.1) is 24.0 Å². The van der Waals surface area contributed by atoms with Gasteiger partial charge in [-0.3, -0.25) is 24.7 Å². The second kappa shape index (κ2) is 4.88. The van der Waals surface area contributed by atoms with Crippen LogP contribution >= 0.6 is 0 Å². The Labute approximate surface area is 107 Å². The van der Waals surface area contributed by atoms with E-state index in [0.717, 1.165) is 17.5 Å². The molecule has 0 fully saturated rings. The number of anilines is 1. The van der Waals surface area contributed by atoms with E-state index in [2.05, 4.69) is 20.6 Å². The number of nitrogens with zero attached hydrogens (tertiary/aromatic N) is 4. The zero-order chi connectivity index (χ0) is 14.0. The summed E-state index contributed by atoms with van der Waals surface area (Å²) in [5.74, 6) is 0.0942. The molecule has 0 aromatic carbocycles. The van der Waals surface area contributed by atoms with Gasteiger partial charge in [0.1, 0.15) is 18.9 Å². The number of H-pyrrole nitrogens is 1. The van der Waals surface area contributed by atoms with Crippen molar-refractivity contribution in [3.05, 3.63) is 33.8 Å². The number of hydrogen-bond acceptors (Lipinski definition) is 5. The largest absolute Gasteiger partial charge is 0.307 e. The lowest BCUT2D eigenvalue weighted by atomic mass is 10.3. The second-order valence-corrected chi connectivity index (χ2v) is 4.02. The third kappa shape index (κ3) is 2.76. The van der Waals surface area contributed by atoms with Crippen molar-refractivity contribution in [2.45, 2.75) is 20.4 Å². The Hall–Kier alpha value is -2.71. The maximum absolute atomic E-state index is 11.7. The zero-order valence-electron chi connectivity index (χ0n) is 10.4. The van der Waals surface area contributed by atoms with E-state index in [1.54, 1.807) is 0 Å². The van der Waals surface area contributed by atoms with Crippen molar-refractivity contribution in [3.63, 3.8) is 0 Å². The predicted molar refractivity (Wildman–Crippen MR) is 65.6 cm³/mol. The summed E-state index contributed by atoms with van der Waals surface area (Å²) in [6.45, 7) is 3.56. The van der Waals surface area contributed by atoms with Gasteiger partial charge in [-0.05, 0) is 13.8 Å². The summed E-state index contributed by atoms with van der Waals surface area (Å²) in [4.78, 5) is 21.6. The third-order valence-electron chi connectivity index (χ3n) is 2.65. The van der Waals surface area contributed by atoms with Gasteiger partial charge in [-0.2, -0.15) is 10.2 Å². The van der Waals surface area contributed by atoms with Crippen molar-refractivity contribution < 1.29 is 9.72 Å². The molecule has 0 atom stereocenters. The monoisotopic (exact) mass is 264 g/mol. The van der Waals surface area contributed by atoms with Crippen molar-refractivity contribution in [1.29, 1.82) is 0 Å². The molecule has 100 valence electrons. The molecule has 9 nitrogen and oxygen atoms in total. The third-order valence-corrected chi connectivity index (χ3v) is 2.65. The number of amides is 1. The average Bonchev–Trinajstić information content (AvgIpc) is 2.91. The second-order valence-electron chi connectivity index (χ2n) is 4.02. The topological polar surface area (TPSA) is 119 Å². The van der Waals surface area contributed by atoms with Crippen LogP contribution in [-0.4, -0.2) is 30.8 Å². The van der Waals surface area contributed by atoms with E-state index in [1.165, 1.54) is 10.9 Å². The Morgan fingerprint density at radius 3 is 2.84 bits per heavy atom. The van der Waals surface area contributed by atoms with E-state index >= 15 is 0 Å². The van der Waals surface area contributed by atoms with Gasteiger partial charge in [0, 0.05) is 11.3 Å². The Bertz CT molecular complexity index is 629. The van der Waals surface area contributed by atoms with Crippen molar-refractivity contribution in [3.8, 4) is 0 Å². The first kappa shape index (κ1) is 12.7. The van der Waals surface area contributed by atoms with Crippen LogP contribution < -0.4 is 5.32 Å². The van der Waals surface area contributed by atoms with Crippen LogP contribution in [0.1, 0.15) is 11.3 Å². The summed E-state index contributed by atoms with van der Waals surface area (Å²) in [6.07, 6.45) is 2.29. The lowest BCUT2D eigenvalue weighted by Crippen LogP contribution is -2.19. The van der Waals surface area contributed by atoms with Gasteiger partial charge in [0.05, 0.1) is 4.92 Å². The SMILES string of the molecule is Cc1[nH]nc(NC(=O)Cn2cc([N+](=O)[O-])cn2)c1C. The normalized spacial score (nSPS) is 10.4. The molecular weight excluding hydrogens is 252 g/mol. The molecule has 2 rings (SSSR count). The fraction of sp³-hybridized carbons (Fsp3) is 0.300. The Balaban J connectivity index is 2.01. The highest BCUT2D eigenvalue weighted by Crippen LogP contribution is 2.14. The van der Waals surface area contributed by atoms with Gasteiger partial charge < -0.3 is 5.32 Å². The van der Waals surface area contributed by atoms with Gasteiger partial charge in [-0.1, -0.05) is 0 Å². The maximum atomic E-state index is 11.7. The molecule has 0 saturated heterocycles. The molecule has 0 bridgehead atoms. The molecule has 0 unspecified atom stereocenters. The summed E-state index contributed by atoms with van der Waals surface area (Å²) in [6, 6.07) is 0. The van der Waals surface area contributed by atoms with Crippen LogP contribution in [0.3, 0.4) is 0 Å². The van der Waals surface area contributed by atoms with Crippen LogP contribution in [0.15, 0.2) is 12.4 Å². The van der Waals surface area contributed by atoms with Crippen LogP contribution in [0.25, 0.3) is 0 Å². The van der Waals surface area contributed by atoms with E-state index in [-0.39, 0.29) is 18.1 Å². The number of nitrogens with one attached hydrogen (secondary N) is 2. The number of aromatic nitrogens is 4. The van der Waals surface area contributed by atoms with Crippen LogP contribution in [0.4, 0.5) is 11.5 Å². The highest BCUT2D eigenvalue weighted by atomic mass is 16.6. The molecular formula is C10H12N6O3. The minimum absolute atomic E-state index is 0.112. The van der Waals surface area contributed by atoms with Gasteiger partial charge in [0.25, 0.3) is 0 Å². The van der Waals surface area contributed by atoms with Gasteiger partial charge in [0.15, 0.2) is 5.82 Å². The minimum atomic E-state index is -0.567. The van der Waals surface area contributed by atoms with E-state index in [9.17, 15) is 14.9 Å². The number of rotatable bonds is 4. The predicted octanol–water partition coefficient (Wildman–Crippen LogP) is 0.770. The number of carbonyl (C=O) groups excluding carboxylic acids is 1. The molecule has 9 heteroatoms. The molecule has 0 aliphatic heterocycles. The highest BCUT2D eigenvalue weighted by molar-refractivity contribution is 5.90. The van der Waals surface area contributed by atoms with Crippen molar-refractivity contribution in [1.82, 2.24) is 20.0 Å². The summed E-state index contributed by atoms with van der Waals surface area (Å²) >= 11 is 0. The first-order valence-corrected chi connectivity index (χ1v) is 5.45. The number of aryl methyl sites for hydroxylation is 1. The van der Waals surface area contributed by atoms with Gasteiger partial charge >= 0.3 is 5.69 Å². The van der Waals surface area contributed by atoms with Gasteiger partial charge in [0.2, 0.25) is 5.91 Å². The molecule has 0 saturated carbocycles. The van der Waals surface area contributed by atoms with E-state index in [4.69, 9.17) is 0 Å². The molecule has 0 radical (unpaired) electrons. The van der Waals surface area contributed by atoms with Crippen molar-refractivity contribution >= 4 is 17.4 Å². The van der Waals surface area contributed by atoms with Crippen molar-refractivity contribution in [2.24, 2.45) is 0 Å². The fourth-order valence-corrected chi connectivity index (χ4v) is 1.46. The molecule has 2 aromatic heterocycles. The first-order valence-electron chi connectivity index (χ1n) is 5.45. The number of hydrogen-bond donors (Lipinski definition) is 2. The van der Waals surface area contributed by atoms with E-state index in [0.29, 0.717) is 5.82 Å². The van der Waals surface area contributed by atoms with Crippen LogP contribution in [-0.2, 0) is 11.3 Å². The molecule has 1 amide bonds. The summed E-state index contributed by atoms with van der Waals surface area (Å²) in [7, 11) is 0. The van der Waals surface area contributed by atoms with Gasteiger partial charge in [-0.15, -0.1) is 0 Å². The lowest BCUT2D eigenvalue weighted by molar-refractivity contribution is -0.385. The van der Waals surface area contributed by atoms with Crippen molar-refractivity contribution in [2.75, 3.05) is 5.32 Å². The number of carbonyl (C=O) groups is 1. The molecule has 2 aromatic rings. The fourth-order valence-electron chi connectivity index (χ4n) is 1.46. The Morgan fingerprint density at radius 1 is 1.58 bits per heavy atom. The Morgan fingerprint density at radius 2 is 2.32 bits per heavy atom. The molecule has 19 heavy (non-hydrogen) atoms. The maximum Gasteiger partial charge on any atom is 0.307 e. The summed E-state index contributed by atoms with van der Waals surface area (Å²) in [5.41, 5.74) is 1.56. The molecule has 0 aliphatic rings. The van der Waals surface area contributed by atoms with Gasteiger partial charge in [-0.25, -0.2) is 0 Å². The minimum Gasteiger partial charge on any atom is -0.307 e. The molecule has 2 heterocycles. The standard InChI is InChI=1S/C10H12N6O3/c1-6-7(2)13-14-10(6)12-9(17)5-15-4-8(3-11-15)16(18)19/h3-4H,5H2,1-2H3,(H2,12,13,14,17). The first-order chi connectivity index (χ1) is 8.97. The number of nitro groups is 1. The highest BCUT2D eigenvalue weighted by Gasteiger charge is 2.13. The lowest BCUT2D eigenvalue weighted by Gasteiger charge is -2.02. The molecule has 0 aliphatic carbocycles. The summed E-state index contributed by atoms with van der Waals surface area (Å²) < 4.78 is 1.20. The molecule has 2 N–H and O–H groups in total. The summed E-state index contributed by atoms with van der Waals surface area (Å²) in [5, 5.41) is 23.5. The average molecular weight is 264 g/mol. The Kier molecular flexibility index (Phi) is 3.27. The zero-order valence-corrected chi connectivity index (χ0v) is 10.4. The quantitative estimate of drug-likeness (QED) is 0.624. The van der Waals surface area contributed by atoms with E-state index < -0.39 is 4.92 Å². The van der Waals surface area contributed by atoms with Crippen LogP contribution in [0.5, 0.6) is 0 Å². The van der Waals surface area contributed by atoms with E-state index in [1.807, 2.05) is 13.8 Å². The molecule has 0 spiro atoms. The smallest absolute Gasteiger partial charge is 0.307 e. The number of aromatic amines is 1.